The number of allylic oxidation sites excluding steroid dienone is 1. The lowest BCUT2D eigenvalue weighted by Gasteiger charge is -2.25. The number of benzene rings is 2. The maximum absolute atomic E-state index is 13.8. The van der Waals surface area contributed by atoms with E-state index in [4.69, 9.17) is 13.9 Å². The molecular formula is C29H25N3O7S. The van der Waals surface area contributed by atoms with Gasteiger partial charge in [-0.1, -0.05) is 35.6 Å². The Morgan fingerprint density at radius 3 is 2.55 bits per heavy atom. The minimum Gasteiger partial charge on any atom is -0.497 e. The standard InChI is InChI=1S/C29H25N3O7S/c1-16(2)38-28(34)25-17(3)30-29-31(26(25)18-9-11-19(37-4)12-10-18)27(33)24(40-29)15-20-13-14-23(39-20)21-7-5-6-8-22(21)32(35)36/h5-16,26H,1-4H3/b24-15+/t26-/m1/s1. The number of fused-ring (bicyclic) bond motifs is 1. The molecule has 0 amide bonds. The van der Waals surface area contributed by atoms with E-state index in [-0.39, 0.29) is 22.9 Å². The highest BCUT2D eigenvalue weighted by Gasteiger charge is 2.34. The van der Waals surface area contributed by atoms with Crippen LogP contribution in [0.2, 0.25) is 0 Å². The lowest BCUT2D eigenvalue weighted by atomic mass is 9.96. The summed E-state index contributed by atoms with van der Waals surface area (Å²) < 4.78 is 18.5. The van der Waals surface area contributed by atoms with Crippen molar-refractivity contribution in [2.45, 2.75) is 32.9 Å². The van der Waals surface area contributed by atoms with Gasteiger partial charge in [-0.2, -0.15) is 0 Å². The molecule has 1 atom stereocenters. The van der Waals surface area contributed by atoms with Crippen molar-refractivity contribution in [1.82, 2.24) is 4.57 Å². The molecule has 3 heterocycles. The molecule has 5 rings (SSSR count). The molecule has 0 fully saturated rings. The number of nitro benzene ring substituents is 1. The maximum Gasteiger partial charge on any atom is 0.338 e. The maximum atomic E-state index is 13.8. The van der Waals surface area contributed by atoms with Crippen molar-refractivity contribution in [3.63, 3.8) is 0 Å². The molecule has 4 aromatic rings. The van der Waals surface area contributed by atoms with Crippen LogP contribution in [0.1, 0.15) is 38.1 Å². The second kappa shape index (κ2) is 10.8. The van der Waals surface area contributed by atoms with Gasteiger partial charge in [-0.3, -0.25) is 19.5 Å². The Labute approximate surface area is 232 Å². The quantitative estimate of drug-likeness (QED) is 0.187. The Kier molecular flexibility index (Phi) is 7.22. The van der Waals surface area contributed by atoms with Crippen LogP contribution >= 0.6 is 11.3 Å². The van der Waals surface area contributed by atoms with Gasteiger partial charge in [0.25, 0.3) is 11.2 Å². The molecule has 0 N–H and O–H groups in total. The summed E-state index contributed by atoms with van der Waals surface area (Å²) in [6, 6.07) is 15.9. The van der Waals surface area contributed by atoms with Crippen molar-refractivity contribution in [2.75, 3.05) is 7.11 Å². The van der Waals surface area contributed by atoms with Crippen LogP contribution in [0.5, 0.6) is 5.75 Å². The van der Waals surface area contributed by atoms with Gasteiger partial charge >= 0.3 is 5.97 Å². The van der Waals surface area contributed by atoms with Gasteiger partial charge in [-0.05, 0) is 56.7 Å². The SMILES string of the molecule is COc1ccc([C@@H]2C(C(=O)OC(C)C)=C(C)N=c3s/c(=C/c4ccc(-c5ccccc5[N+](=O)[O-])o4)c(=O)n32)cc1. The Hall–Kier alpha value is -4.77. The fourth-order valence-corrected chi connectivity index (χ4v) is 5.53. The minimum atomic E-state index is -0.769. The monoisotopic (exact) mass is 559 g/mol. The number of nitrogens with zero attached hydrogens (tertiary/aromatic N) is 3. The summed E-state index contributed by atoms with van der Waals surface area (Å²) in [6.07, 6.45) is 1.21. The smallest absolute Gasteiger partial charge is 0.338 e. The summed E-state index contributed by atoms with van der Waals surface area (Å²) in [6.45, 7) is 5.23. The van der Waals surface area contributed by atoms with Crippen LogP contribution in [-0.2, 0) is 9.53 Å². The normalized spacial score (nSPS) is 15.1. The van der Waals surface area contributed by atoms with Gasteiger partial charge in [-0.15, -0.1) is 0 Å². The molecule has 0 saturated heterocycles. The highest BCUT2D eigenvalue weighted by molar-refractivity contribution is 7.07. The number of rotatable bonds is 7. The third-order valence-electron chi connectivity index (χ3n) is 6.28. The first kappa shape index (κ1) is 26.8. The van der Waals surface area contributed by atoms with Gasteiger partial charge in [0.1, 0.15) is 17.3 Å². The summed E-state index contributed by atoms with van der Waals surface area (Å²) in [5.74, 6) is 0.730. The third-order valence-corrected chi connectivity index (χ3v) is 7.27. The molecule has 0 aliphatic carbocycles. The van der Waals surface area contributed by atoms with E-state index in [1.807, 2.05) is 0 Å². The van der Waals surface area contributed by atoms with E-state index < -0.39 is 16.9 Å². The van der Waals surface area contributed by atoms with Crippen LogP contribution in [0.4, 0.5) is 5.69 Å². The number of ether oxygens (including phenoxy) is 2. The number of thiazole rings is 1. The van der Waals surface area contributed by atoms with Crippen LogP contribution in [0, 0.1) is 10.1 Å². The second-order valence-corrected chi connectivity index (χ2v) is 10.3. The zero-order chi connectivity index (χ0) is 28.6. The first-order chi connectivity index (χ1) is 19.2. The molecule has 1 aliphatic heterocycles. The number of furan rings is 1. The first-order valence-corrected chi connectivity index (χ1v) is 13.2. The van der Waals surface area contributed by atoms with E-state index in [0.29, 0.717) is 43.4 Å². The summed E-state index contributed by atoms with van der Waals surface area (Å²) in [4.78, 5) is 43.0. The van der Waals surface area contributed by atoms with E-state index in [9.17, 15) is 19.7 Å². The van der Waals surface area contributed by atoms with E-state index in [0.717, 1.165) is 11.3 Å². The zero-order valence-corrected chi connectivity index (χ0v) is 22.9. The van der Waals surface area contributed by atoms with E-state index in [1.54, 1.807) is 88.6 Å². The fraction of sp³-hybridized carbons (Fsp3) is 0.207. The van der Waals surface area contributed by atoms with Gasteiger partial charge in [-0.25, -0.2) is 9.79 Å². The van der Waals surface area contributed by atoms with Gasteiger partial charge < -0.3 is 13.9 Å². The number of aromatic nitrogens is 1. The molecule has 40 heavy (non-hydrogen) atoms. The number of carbonyl (C=O) groups is 1. The molecule has 204 valence electrons. The van der Waals surface area contributed by atoms with Gasteiger partial charge in [0, 0.05) is 12.1 Å². The number of carbonyl (C=O) groups excluding carboxylic acids is 1. The average Bonchev–Trinajstić information content (AvgIpc) is 3.51. The number of nitro groups is 1. The Balaban J connectivity index is 1.63. The lowest BCUT2D eigenvalue weighted by Crippen LogP contribution is -2.40. The first-order valence-electron chi connectivity index (χ1n) is 12.4. The summed E-state index contributed by atoms with van der Waals surface area (Å²) in [5, 5.41) is 11.5. The second-order valence-electron chi connectivity index (χ2n) is 9.29. The van der Waals surface area contributed by atoms with Crippen molar-refractivity contribution in [2.24, 2.45) is 4.99 Å². The predicted octanol–water partition coefficient (Wildman–Crippen LogP) is 4.36. The van der Waals surface area contributed by atoms with Crippen molar-refractivity contribution >= 4 is 29.1 Å². The highest BCUT2D eigenvalue weighted by Crippen LogP contribution is 2.33. The largest absolute Gasteiger partial charge is 0.497 e. The fourth-order valence-electron chi connectivity index (χ4n) is 4.51. The minimum absolute atomic E-state index is 0.0847. The van der Waals surface area contributed by atoms with Gasteiger partial charge in [0.15, 0.2) is 4.80 Å². The van der Waals surface area contributed by atoms with Crippen LogP contribution < -0.4 is 19.6 Å². The van der Waals surface area contributed by atoms with Crippen LogP contribution in [0.3, 0.4) is 0 Å². The number of hydrogen-bond donors (Lipinski definition) is 0. The summed E-state index contributed by atoms with van der Waals surface area (Å²) in [5.41, 5.74) is 1.30. The molecule has 2 aromatic heterocycles. The molecule has 0 radical (unpaired) electrons. The Morgan fingerprint density at radius 1 is 1.15 bits per heavy atom. The van der Waals surface area contributed by atoms with Crippen LogP contribution in [-0.4, -0.2) is 28.7 Å². The van der Waals surface area contributed by atoms with Crippen molar-refractivity contribution in [3.05, 3.63) is 113 Å². The molecule has 0 spiro atoms. The number of hydrogen-bond acceptors (Lipinski definition) is 9. The number of methoxy groups -OCH3 is 1. The predicted molar refractivity (Wildman–Crippen MR) is 149 cm³/mol. The van der Waals surface area contributed by atoms with E-state index in [1.165, 1.54) is 10.6 Å². The lowest BCUT2D eigenvalue weighted by molar-refractivity contribution is -0.384. The Morgan fingerprint density at radius 2 is 1.88 bits per heavy atom. The highest BCUT2D eigenvalue weighted by atomic mass is 32.1. The molecule has 1 aliphatic rings. The topological polar surface area (TPSA) is 126 Å². The molecule has 0 bridgehead atoms. The number of esters is 1. The average molecular weight is 560 g/mol. The van der Waals surface area contributed by atoms with Crippen molar-refractivity contribution in [3.8, 4) is 17.1 Å². The van der Waals surface area contributed by atoms with Gasteiger partial charge in [0.2, 0.25) is 0 Å². The van der Waals surface area contributed by atoms with Crippen molar-refractivity contribution < 1.29 is 23.6 Å². The zero-order valence-electron chi connectivity index (χ0n) is 22.1. The summed E-state index contributed by atoms with van der Waals surface area (Å²) >= 11 is 1.16. The molecule has 2 aromatic carbocycles. The molecular weight excluding hydrogens is 534 g/mol. The molecule has 11 heteroatoms. The molecule has 10 nitrogen and oxygen atoms in total. The van der Waals surface area contributed by atoms with Crippen LogP contribution in [0.25, 0.3) is 17.4 Å². The molecule has 0 saturated carbocycles. The third kappa shape index (κ3) is 4.98. The van der Waals surface area contributed by atoms with E-state index in [2.05, 4.69) is 4.99 Å². The van der Waals surface area contributed by atoms with E-state index >= 15 is 0 Å². The van der Waals surface area contributed by atoms with Crippen molar-refractivity contribution in [1.29, 1.82) is 0 Å². The Bertz CT molecular complexity index is 1830. The van der Waals surface area contributed by atoms with Gasteiger partial charge in [0.05, 0.1) is 45.5 Å². The molecule has 0 unspecified atom stereocenters. The van der Waals surface area contributed by atoms with Crippen LogP contribution in [0.15, 0.2) is 86.1 Å². The summed E-state index contributed by atoms with van der Waals surface area (Å²) in [7, 11) is 1.56. The number of para-hydroxylation sites is 1.